The first-order valence-electron chi connectivity index (χ1n) is 7.01. The van der Waals surface area contributed by atoms with Crippen molar-refractivity contribution in [3.05, 3.63) is 62.7 Å². The summed E-state index contributed by atoms with van der Waals surface area (Å²) in [5.41, 5.74) is 1.46. The highest BCUT2D eigenvalue weighted by molar-refractivity contribution is 5.58. The van der Waals surface area contributed by atoms with E-state index in [9.17, 15) is 24.0 Å². The van der Waals surface area contributed by atoms with Crippen LogP contribution in [0.25, 0.3) is 0 Å². The molecule has 24 heavy (non-hydrogen) atoms. The van der Waals surface area contributed by atoms with Crippen LogP contribution in [0.3, 0.4) is 0 Å². The summed E-state index contributed by atoms with van der Waals surface area (Å²) >= 11 is 0. The van der Waals surface area contributed by atoms with Gasteiger partial charge in [-0.05, 0) is 25.5 Å². The summed E-state index contributed by atoms with van der Waals surface area (Å²) in [6, 6.07) is 7.06. The van der Waals surface area contributed by atoms with E-state index in [-0.39, 0.29) is 11.3 Å². The Bertz CT molecular complexity index is 817. The molecule has 1 N–H and O–H groups in total. The van der Waals surface area contributed by atoms with Gasteiger partial charge in [-0.2, -0.15) is 0 Å². The molecule has 0 spiro atoms. The molecule has 0 aromatic heterocycles. The first-order chi connectivity index (χ1) is 11.2. The second kappa shape index (κ2) is 5.41. The van der Waals surface area contributed by atoms with Crippen LogP contribution >= 0.6 is 0 Å². The van der Waals surface area contributed by atoms with Crippen LogP contribution in [0.5, 0.6) is 11.5 Å². The standard InChI is InChI=1S/C16H13F2NO5/c1-8-3-9(2)5-10(4-8)15(20)11-6-13-14(7-12(11)19(21)22)24-16(17,18)23-13/h3-7,15,20H,1-2H3. The molecule has 0 radical (unpaired) electrons. The third kappa shape index (κ3) is 2.88. The van der Waals surface area contributed by atoms with Crippen LogP contribution in [-0.2, 0) is 0 Å². The number of hydrogen-bond acceptors (Lipinski definition) is 5. The van der Waals surface area contributed by atoms with E-state index in [1.165, 1.54) is 0 Å². The van der Waals surface area contributed by atoms with E-state index in [0.717, 1.165) is 23.3 Å². The molecule has 1 unspecified atom stereocenters. The van der Waals surface area contributed by atoms with Gasteiger partial charge in [0.05, 0.1) is 16.6 Å². The summed E-state index contributed by atoms with van der Waals surface area (Å²) in [7, 11) is 0. The Morgan fingerprint density at radius 3 is 2.17 bits per heavy atom. The summed E-state index contributed by atoms with van der Waals surface area (Å²) in [4.78, 5) is 10.5. The van der Waals surface area contributed by atoms with E-state index < -0.39 is 28.8 Å². The molecule has 0 bridgehead atoms. The van der Waals surface area contributed by atoms with Crippen LogP contribution < -0.4 is 9.47 Å². The fraction of sp³-hybridized carbons (Fsp3) is 0.250. The van der Waals surface area contributed by atoms with E-state index >= 15 is 0 Å². The average molecular weight is 337 g/mol. The molecule has 0 saturated carbocycles. The predicted octanol–water partition coefficient (Wildman–Crippen LogP) is 3.61. The van der Waals surface area contributed by atoms with Crippen molar-refractivity contribution in [3.8, 4) is 11.5 Å². The maximum atomic E-state index is 13.2. The van der Waals surface area contributed by atoms with Gasteiger partial charge in [0.25, 0.3) is 5.69 Å². The zero-order valence-corrected chi connectivity index (χ0v) is 12.7. The molecular formula is C16H13F2NO5. The van der Waals surface area contributed by atoms with Gasteiger partial charge >= 0.3 is 6.29 Å². The summed E-state index contributed by atoms with van der Waals surface area (Å²) < 4.78 is 34.8. The first kappa shape index (κ1) is 16.1. The molecule has 2 aromatic carbocycles. The third-order valence-electron chi connectivity index (χ3n) is 3.60. The average Bonchev–Trinajstić information content (AvgIpc) is 2.76. The molecule has 2 aromatic rings. The normalized spacial score (nSPS) is 16.0. The maximum Gasteiger partial charge on any atom is 0.586 e. The fourth-order valence-corrected chi connectivity index (χ4v) is 2.73. The number of ether oxygens (including phenoxy) is 2. The van der Waals surface area contributed by atoms with Crippen molar-refractivity contribution < 1.29 is 28.3 Å². The molecule has 0 fully saturated rings. The second-order valence-electron chi connectivity index (χ2n) is 5.61. The van der Waals surface area contributed by atoms with Gasteiger partial charge in [0.1, 0.15) is 6.10 Å². The van der Waals surface area contributed by atoms with E-state index in [4.69, 9.17) is 0 Å². The zero-order valence-electron chi connectivity index (χ0n) is 12.7. The Labute approximate surface area is 135 Å². The van der Waals surface area contributed by atoms with Gasteiger partial charge in [0.15, 0.2) is 11.5 Å². The molecule has 8 heteroatoms. The maximum absolute atomic E-state index is 13.2. The molecular weight excluding hydrogens is 324 g/mol. The van der Waals surface area contributed by atoms with Gasteiger partial charge in [0.2, 0.25) is 0 Å². The molecule has 6 nitrogen and oxygen atoms in total. The Balaban J connectivity index is 2.11. The van der Waals surface area contributed by atoms with Gasteiger partial charge in [-0.1, -0.05) is 29.3 Å². The highest BCUT2D eigenvalue weighted by Gasteiger charge is 2.45. The van der Waals surface area contributed by atoms with Gasteiger partial charge in [-0.25, -0.2) is 0 Å². The lowest BCUT2D eigenvalue weighted by Crippen LogP contribution is -2.25. The number of fused-ring (bicyclic) bond motifs is 1. The molecule has 1 aliphatic rings. The number of aliphatic hydroxyl groups excluding tert-OH is 1. The lowest BCUT2D eigenvalue weighted by atomic mass is 9.96. The molecule has 0 amide bonds. The highest BCUT2D eigenvalue weighted by Crippen LogP contribution is 2.46. The minimum atomic E-state index is -3.89. The lowest BCUT2D eigenvalue weighted by Gasteiger charge is -2.14. The molecule has 0 aliphatic carbocycles. The van der Waals surface area contributed by atoms with Crippen molar-refractivity contribution >= 4 is 5.69 Å². The number of nitro benzene ring substituents is 1. The topological polar surface area (TPSA) is 81.8 Å². The molecule has 3 rings (SSSR count). The predicted molar refractivity (Wildman–Crippen MR) is 79.3 cm³/mol. The zero-order chi connectivity index (χ0) is 17.6. The fourth-order valence-electron chi connectivity index (χ4n) is 2.73. The smallest absolute Gasteiger partial charge is 0.395 e. The van der Waals surface area contributed by atoms with Crippen molar-refractivity contribution in [2.24, 2.45) is 0 Å². The SMILES string of the molecule is Cc1cc(C)cc(C(O)c2cc3c(cc2[N+](=O)[O-])OC(F)(F)O3)c1. The number of hydrogen-bond donors (Lipinski definition) is 1. The second-order valence-corrected chi connectivity index (χ2v) is 5.61. The minimum absolute atomic E-state index is 0.148. The van der Waals surface area contributed by atoms with Crippen molar-refractivity contribution in [1.82, 2.24) is 0 Å². The summed E-state index contributed by atoms with van der Waals surface area (Å²) in [6.45, 7) is 3.63. The summed E-state index contributed by atoms with van der Waals surface area (Å²) in [6.07, 6.45) is -5.26. The van der Waals surface area contributed by atoms with Gasteiger partial charge in [0, 0.05) is 0 Å². The highest BCUT2D eigenvalue weighted by atomic mass is 19.3. The first-order valence-corrected chi connectivity index (χ1v) is 7.01. The number of alkyl halides is 2. The van der Waals surface area contributed by atoms with Crippen LogP contribution in [0.15, 0.2) is 30.3 Å². The van der Waals surface area contributed by atoms with Crippen LogP contribution in [-0.4, -0.2) is 16.3 Å². The van der Waals surface area contributed by atoms with Crippen molar-refractivity contribution in [2.75, 3.05) is 0 Å². The molecule has 0 saturated heterocycles. The van der Waals surface area contributed by atoms with Crippen molar-refractivity contribution in [1.29, 1.82) is 0 Å². The molecule has 126 valence electrons. The monoisotopic (exact) mass is 337 g/mol. The van der Waals surface area contributed by atoms with Crippen molar-refractivity contribution in [2.45, 2.75) is 26.2 Å². The van der Waals surface area contributed by atoms with E-state index in [1.807, 2.05) is 19.9 Å². The number of nitrogens with zero attached hydrogens (tertiary/aromatic N) is 1. The number of halogens is 2. The van der Waals surface area contributed by atoms with Crippen LogP contribution in [0.2, 0.25) is 0 Å². The molecule has 1 atom stereocenters. The Morgan fingerprint density at radius 1 is 1.08 bits per heavy atom. The van der Waals surface area contributed by atoms with Gasteiger partial charge in [-0.3, -0.25) is 10.1 Å². The Morgan fingerprint density at radius 2 is 1.62 bits per heavy atom. The number of benzene rings is 2. The van der Waals surface area contributed by atoms with Crippen LogP contribution in [0.1, 0.15) is 28.4 Å². The number of nitro groups is 1. The lowest BCUT2D eigenvalue weighted by molar-refractivity contribution is -0.386. The molecule has 1 heterocycles. The number of aryl methyl sites for hydroxylation is 2. The largest absolute Gasteiger partial charge is 0.586 e. The van der Waals surface area contributed by atoms with E-state index in [0.29, 0.717) is 5.56 Å². The Hall–Kier alpha value is -2.74. The van der Waals surface area contributed by atoms with Gasteiger partial charge in [-0.15, -0.1) is 8.78 Å². The number of rotatable bonds is 3. The molecule has 1 aliphatic heterocycles. The Kier molecular flexibility index (Phi) is 3.64. The quantitative estimate of drug-likeness (QED) is 0.683. The number of aliphatic hydroxyl groups is 1. The van der Waals surface area contributed by atoms with Gasteiger partial charge < -0.3 is 14.6 Å². The van der Waals surface area contributed by atoms with Crippen LogP contribution in [0.4, 0.5) is 14.5 Å². The summed E-state index contributed by atoms with van der Waals surface area (Å²) in [5, 5.41) is 21.8. The van der Waals surface area contributed by atoms with Crippen LogP contribution in [0, 0.1) is 24.0 Å². The van der Waals surface area contributed by atoms with Crippen molar-refractivity contribution in [3.63, 3.8) is 0 Å². The minimum Gasteiger partial charge on any atom is -0.395 e. The van der Waals surface area contributed by atoms with E-state index in [1.54, 1.807) is 12.1 Å². The summed E-state index contributed by atoms with van der Waals surface area (Å²) in [5.74, 6) is -0.799. The van der Waals surface area contributed by atoms with E-state index in [2.05, 4.69) is 9.47 Å². The third-order valence-corrected chi connectivity index (χ3v) is 3.60.